The van der Waals surface area contributed by atoms with E-state index < -0.39 is 0 Å². The molecule has 0 fully saturated rings. The van der Waals surface area contributed by atoms with E-state index in [1.54, 1.807) is 0 Å². The molecule has 5 heterocycles. The van der Waals surface area contributed by atoms with E-state index in [1.165, 1.54) is 5.39 Å². The number of rotatable bonds is 6. The van der Waals surface area contributed by atoms with Gasteiger partial charge in [-0.1, -0.05) is 158 Å². The molecule has 70 heavy (non-hydrogen) atoms. The van der Waals surface area contributed by atoms with Gasteiger partial charge in [0.1, 0.15) is 22.3 Å². The third-order valence-electron chi connectivity index (χ3n) is 14.0. The first-order valence-electron chi connectivity index (χ1n) is 23.5. The molecule has 0 saturated carbocycles. The van der Waals surface area contributed by atoms with Crippen molar-refractivity contribution >= 4 is 87.5 Å². The topological polar surface area (TPSA) is 74.8 Å². The van der Waals surface area contributed by atoms with Crippen LogP contribution in [0.2, 0.25) is 0 Å². The number of hydrogen-bond acceptors (Lipinski definition) is 5. The molecule has 15 rings (SSSR count). The van der Waals surface area contributed by atoms with Crippen LogP contribution < -0.4 is 0 Å². The zero-order chi connectivity index (χ0) is 45.9. The van der Waals surface area contributed by atoms with Crippen molar-refractivity contribution in [3.05, 3.63) is 224 Å². The summed E-state index contributed by atoms with van der Waals surface area (Å²) in [6.45, 7) is 0. The molecule has 0 aliphatic rings. The van der Waals surface area contributed by atoms with Gasteiger partial charge in [-0.2, -0.15) is 0 Å². The first kappa shape index (κ1) is 38.5. The van der Waals surface area contributed by atoms with Crippen LogP contribution >= 0.6 is 0 Å². The standard InChI is InChI=1S/C63H37N5O2/c1-2-17-38(18-3-1)40-19-4-9-29-51(40)67-52-30-10-6-21-42(52)46-25-16-32-54(59(46)67)68-53-31-11-5-20-41(53)45-24-14-27-48(58(45)68)62-64-61(39-35-36-57-50(37-39)44-23-8-12-33-55(44)69-57)65-63(66-62)49-28-15-26-47-43-22-7-13-34-56(43)70-60(47)49/h1-37H. The van der Waals surface area contributed by atoms with E-state index in [0.717, 1.165) is 121 Å². The lowest BCUT2D eigenvalue weighted by Crippen LogP contribution is -2.04. The van der Waals surface area contributed by atoms with Crippen molar-refractivity contribution in [3.8, 4) is 56.7 Å². The third-order valence-corrected chi connectivity index (χ3v) is 14.0. The van der Waals surface area contributed by atoms with Crippen LogP contribution in [0.3, 0.4) is 0 Å². The van der Waals surface area contributed by atoms with E-state index in [2.05, 4.69) is 179 Å². The largest absolute Gasteiger partial charge is 0.456 e. The third kappa shape index (κ3) is 5.66. The number of benzene rings is 10. The van der Waals surface area contributed by atoms with Crippen LogP contribution in [0.4, 0.5) is 0 Å². The van der Waals surface area contributed by atoms with Crippen LogP contribution in [0.5, 0.6) is 0 Å². The van der Waals surface area contributed by atoms with Gasteiger partial charge in [-0.15, -0.1) is 0 Å². The molecule has 326 valence electrons. The molecule has 7 nitrogen and oxygen atoms in total. The van der Waals surface area contributed by atoms with Gasteiger partial charge in [-0.3, -0.25) is 0 Å². The van der Waals surface area contributed by atoms with Crippen molar-refractivity contribution in [2.24, 2.45) is 0 Å². The Morgan fingerprint density at radius 2 is 0.786 bits per heavy atom. The zero-order valence-electron chi connectivity index (χ0n) is 37.4. The summed E-state index contributed by atoms with van der Waals surface area (Å²) in [6, 6.07) is 78.7. The predicted molar refractivity (Wildman–Crippen MR) is 285 cm³/mol. The Labute approximate surface area is 399 Å². The number of para-hydroxylation sites is 8. The Morgan fingerprint density at radius 1 is 0.286 bits per heavy atom. The average molecular weight is 896 g/mol. The van der Waals surface area contributed by atoms with Gasteiger partial charge in [0.2, 0.25) is 0 Å². The molecule has 10 aromatic carbocycles. The van der Waals surface area contributed by atoms with Gasteiger partial charge >= 0.3 is 0 Å². The molecule has 5 aromatic heterocycles. The molecule has 0 N–H and O–H groups in total. The minimum Gasteiger partial charge on any atom is -0.456 e. The average Bonchev–Trinajstić information content (AvgIpc) is 4.19. The smallest absolute Gasteiger partial charge is 0.167 e. The number of aromatic nitrogens is 5. The second-order valence-electron chi connectivity index (χ2n) is 17.9. The highest BCUT2D eigenvalue weighted by Crippen LogP contribution is 2.44. The lowest BCUT2D eigenvalue weighted by atomic mass is 10.0. The molecule has 0 saturated heterocycles. The maximum Gasteiger partial charge on any atom is 0.167 e. The fraction of sp³-hybridized carbons (Fsp3) is 0. The van der Waals surface area contributed by atoms with Gasteiger partial charge < -0.3 is 18.0 Å². The molecule has 0 atom stereocenters. The summed E-state index contributed by atoms with van der Waals surface area (Å²) < 4.78 is 17.8. The molecule has 0 spiro atoms. The Bertz CT molecular complexity index is 4610. The van der Waals surface area contributed by atoms with Crippen molar-refractivity contribution in [3.63, 3.8) is 0 Å². The molecular weight excluding hydrogens is 859 g/mol. The normalized spacial score (nSPS) is 12.0. The maximum atomic E-state index is 6.64. The maximum absolute atomic E-state index is 6.64. The highest BCUT2D eigenvalue weighted by molar-refractivity contribution is 6.17. The van der Waals surface area contributed by atoms with Crippen LogP contribution in [0.25, 0.3) is 144 Å². The van der Waals surface area contributed by atoms with Gasteiger partial charge in [0, 0.05) is 59.8 Å². The molecule has 0 bridgehead atoms. The fourth-order valence-corrected chi connectivity index (χ4v) is 10.9. The van der Waals surface area contributed by atoms with Gasteiger partial charge in [-0.05, 0) is 72.3 Å². The first-order chi connectivity index (χ1) is 34.7. The fourth-order valence-electron chi connectivity index (χ4n) is 10.9. The van der Waals surface area contributed by atoms with E-state index >= 15 is 0 Å². The highest BCUT2D eigenvalue weighted by atomic mass is 16.3. The highest BCUT2D eigenvalue weighted by Gasteiger charge is 2.25. The molecule has 7 heteroatoms. The van der Waals surface area contributed by atoms with Gasteiger partial charge in [0.15, 0.2) is 17.5 Å². The second kappa shape index (κ2) is 15.0. The summed E-state index contributed by atoms with van der Waals surface area (Å²) in [7, 11) is 0. The van der Waals surface area contributed by atoms with Crippen LogP contribution in [-0.4, -0.2) is 24.1 Å². The van der Waals surface area contributed by atoms with Gasteiger partial charge in [0.25, 0.3) is 0 Å². The van der Waals surface area contributed by atoms with Crippen LogP contribution in [-0.2, 0) is 0 Å². The lowest BCUT2D eigenvalue weighted by molar-refractivity contribution is 0.669. The minimum absolute atomic E-state index is 0.515. The number of nitrogens with zero attached hydrogens (tertiary/aromatic N) is 5. The summed E-state index contributed by atoms with van der Waals surface area (Å²) in [5.74, 6) is 1.60. The molecule has 0 unspecified atom stereocenters. The Hall–Kier alpha value is -9.59. The Balaban J connectivity index is 1.04. The van der Waals surface area contributed by atoms with Crippen molar-refractivity contribution in [2.45, 2.75) is 0 Å². The summed E-state index contributed by atoms with van der Waals surface area (Å²) in [4.78, 5) is 16.2. The molecule has 0 amide bonds. The van der Waals surface area contributed by atoms with E-state index in [9.17, 15) is 0 Å². The van der Waals surface area contributed by atoms with Crippen LogP contribution in [0.15, 0.2) is 233 Å². The van der Waals surface area contributed by atoms with E-state index in [0.29, 0.717) is 17.5 Å². The van der Waals surface area contributed by atoms with Gasteiger partial charge in [0.05, 0.1) is 39.0 Å². The Kier molecular flexibility index (Phi) is 8.23. The molecule has 0 radical (unpaired) electrons. The minimum atomic E-state index is 0.515. The zero-order valence-corrected chi connectivity index (χ0v) is 37.4. The summed E-state index contributed by atoms with van der Waals surface area (Å²) >= 11 is 0. The van der Waals surface area contributed by atoms with E-state index in [4.69, 9.17) is 23.8 Å². The van der Waals surface area contributed by atoms with Crippen molar-refractivity contribution < 1.29 is 8.83 Å². The quantitative estimate of drug-likeness (QED) is 0.166. The molecule has 0 aliphatic heterocycles. The lowest BCUT2D eigenvalue weighted by Gasteiger charge is -2.18. The number of furan rings is 2. The van der Waals surface area contributed by atoms with Gasteiger partial charge in [-0.25, -0.2) is 15.0 Å². The van der Waals surface area contributed by atoms with E-state index in [1.807, 2.05) is 54.6 Å². The van der Waals surface area contributed by atoms with Crippen LogP contribution in [0.1, 0.15) is 0 Å². The van der Waals surface area contributed by atoms with E-state index in [-0.39, 0.29) is 0 Å². The second-order valence-corrected chi connectivity index (χ2v) is 17.9. The Morgan fingerprint density at radius 3 is 1.56 bits per heavy atom. The first-order valence-corrected chi connectivity index (χ1v) is 23.5. The number of fused-ring (bicyclic) bond motifs is 12. The molecular formula is C63H37N5O2. The molecule has 0 aliphatic carbocycles. The van der Waals surface area contributed by atoms with Crippen molar-refractivity contribution in [2.75, 3.05) is 0 Å². The predicted octanol–water partition coefficient (Wildman–Crippen LogP) is 16.5. The summed E-state index contributed by atoms with van der Waals surface area (Å²) in [6.07, 6.45) is 0. The monoisotopic (exact) mass is 895 g/mol. The van der Waals surface area contributed by atoms with Crippen LogP contribution in [0, 0.1) is 0 Å². The summed E-state index contributed by atoms with van der Waals surface area (Å²) in [5.41, 5.74) is 14.4. The summed E-state index contributed by atoms with van der Waals surface area (Å²) in [5, 5.41) is 8.63. The van der Waals surface area contributed by atoms with Crippen molar-refractivity contribution in [1.29, 1.82) is 0 Å². The van der Waals surface area contributed by atoms with Crippen molar-refractivity contribution in [1.82, 2.24) is 24.1 Å². The SMILES string of the molecule is c1ccc(-c2ccccc2-n2c3ccccc3c3cccc(-n4c5ccccc5c5cccc(-c6nc(-c7ccc8oc9ccccc9c8c7)nc(-c7cccc8c7oc7ccccc78)n6)c54)c32)cc1. The number of hydrogen-bond donors (Lipinski definition) is 0. The molecule has 15 aromatic rings.